The molecule has 1 aromatic rings. The van der Waals surface area contributed by atoms with E-state index in [9.17, 15) is 9.18 Å². The number of amides is 2. The predicted molar refractivity (Wildman–Crippen MR) is 80.2 cm³/mol. The zero-order valence-corrected chi connectivity index (χ0v) is 12.5. The summed E-state index contributed by atoms with van der Waals surface area (Å²) in [6.07, 6.45) is 6.32. The van der Waals surface area contributed by atoms with Crippen LogP contribution in [0, 0.1) is 11.7 Å². The maximum atomic E-state index is 13.4. The number of nitrogens with one attached hydrogen (secondary N) is 2. The van der Waals surface area contributed by atoms with Crippen LogP contribution in [-0.4, -0.2) is 18.2 Å². The van der Waals surface area contributed by atoms with E-state index in [4.69, 9.17) is 4.74 Å². The molecule has 0 aromatic heterocycles. The van der Waals surface area contributed by atoms with E-state index >= 15 is 0 Å². The van der Waals surface area contributed by atoms with Gasteiger partial charge in [0.15, 0.2) is 0 Å². The lowest BCUT2D eigenvalue weighted by Gasteiger charge is -2.22. The van der Waals surface area contributed by atoms with Crippen LogP contribution in [0.1, 0.15) is 50.1 Å². The molecule has 1 atom stereocenters. The summed E-state index contributed by atoms with van der Waals surface area (Å²) in [6, 6.07) is 4.32. The Morgan fingerprint density at radius 3 is 2.82 bits per heavy atom. The molecule has 2 N–H and O–H groups in total. The van der Waals surface area contributed by atoms with E-state index in [1.165, 1.54) is 25.0 Å². The van der Waals surface area contributed by atoms with Crippen LogP contribution >= 0.6 is 0 Å². The second-order valence-corrected chi connectivity index (χ2v) is 6.75. The third-order valence-electron chi connectivity index (χ3n) is 5.06. The zero-order chi connectivity index (χ0) is 15.2. The third-order valence-corrected chi connectivity index (χ3v) is 5.06. The van der Waals surface area contributed by atoms with Gasteiger partial charge < -0.3 is 15.4 Å². The van der Waals surface area contributed by atoms with Gasteiger partial charge in [0.2, 0.25) is 0 Å². The number of hydrogen-bond acceptors (Lipinski definition) is 2. The molecule has 5 heteroatoms. The fraction of sp³-hybridized carbons (Fsp3) is 0.588. The Hall–Kier alpha value is -1.78. The maximum Gasteiger partial charge on any atom is 0.315 e. The monoisotopic (exact) mass is 304 g/mol. The van der Waals surface area contributed by atoms with Crippen molar-refractivity contribution in [1.29, 1.82) is 0 Å². The van der Waals surface area contributed by atoms with E-state index < -0.39 is 0 Å². The van der Waals surface area contributed by atoms with Gasteiger partial charge in [-0.25, -0.2) is 9.18 Å². The first kappa shape index (κ1) is 13.9. The van der Waals surface area contributed by atoms with E-state index in [-0.39, 0.29) is 23.4 Å². The van der Waals surface area contributed by atoms with Gasteiger partial charge in [-0.3, -0.25) is 0 Å². The zero-order valence-electron chi connectivity index (χ0n) is 12.5. The van der Waals surface area contributed by atoms with E-state index in [0.29, 0.717) is 18.3 Å². The first-order chi connectivity index (χ1) is 10.7. The highest BCUT2D eigenvalue weighted by atomic mass is 19.1. The quantitative estimate of drug-likeness (QED) is 0.900. The lowest BCUT2D eigenvalue weighted by molar-refractivity contribution is 0.229. The van der Waals surface area contributed by atoms with Crippen molar-refractivity contribution in [3.05, 3.63) is 29.6 Å². The summed E-state index contributed by atoms with van der Waals surface area (Å²) in [5, 5.41) is 6.24. The average molecular weight is 304 g/mol. The number of carbonyl (C=O) groups is 1. The second kappa shape index (κ2) is 5.14. The van der Waals surface area contributed by atoms with Crippen molar-refractivity contribution in [2.24, 2.45) is 5.92 Å². The lowest BCUT2D eigenvalue weighted by Crippen LogP contribution is -2.46. The molecule has 1 aliphatic heterocycles. The molecule has 118 valence electrons. The molecule has 0 spiro atoms. The number of carbonyl (C=O) groups excluding carboxylic acids is 1. The smallest absolute Gasteiger partial charge is 0.315 e. The first-order valence-electron chi connectivity index (χ1n) is 8.17. The summed E-state index contributed by atoms with van der Waals surface area (Å²) in [7, 11) is 0. The molecule has 2 saturated carbocycles. The summed E-state index contributed by atoms with van der Waals surface area (Å²) >= 11 is 0. The Kier molecular flexibility index (Phi) is 3.24. The number of fused-ring (bicyclic) bond motifs is 1. The summed E-state index contributed by atoms with van der Waals surface area (Å²) in [5.41, 5.74) is 0.932. The van der Waals surface area contributed by atoms with Crippen LogP contribution in [0.25, 0.3) is 0 Å². The Balaban J connectivity index is 1.47. The molecule has 1 heterocycles. The van der Waals surface area contributed by atoms with Crippen LogP contribution in [0.4, 0.5) is 9.18 Å². The molecular weight excluding hydrogens is 283 g/mol. The van der Waals surface area contributed by atoms with Crippen LogP contribution in [0.5, 0.6) is 5.75 Å². The standard InChI is InChI=1S/C17H21FN2O2/c18-12-5-6-13-14(2-1-9-22-15(13)10-12)19-16(21)20-17(7-8-17)11-3-4-11/h5-6,10-11,14H,1-4,7-9H2,(H2,19,20,21). The van der Waals surface area contributed by atoms with E-state index in [2.05, 4.69) is 10.6 Å². The minimum absolute atomic E-state index is 0.0664. The van der Waals surface area contributed by atoms with Crippen LogP contribution in [0.2, 0.25) is 0 Å². The highest BCUT2D eigenvalue weighted by molar-refractivity contribution is 5.76. The molecule has 0 radical (unpaired) electrons. The Bertz CT molecular complexity index is 596. The van der Waals surface area contributed by atoms with Gasteiger partial charge in [0.25, 0.3) is 0 Å². The Morgan fingerprint density at radius 1 is 1.27 bits per heavy atom. The third kappa shape index (κ3) is 2.64. The molecule has 4 nitrogen and oxygen atoms in total. The van der Waals surface area contributed by atoms with Gasteiger partial charge in [0.05, 0.1) is 12.6 Å². The molecule has 4 rings (SSSR count). The van der Waals surface area contributed by atoms with E-state index in [1.807, 2.05) is 0 Å². The molecule has 1 aromatic carbocycles. The van der Waals surface area contributed by atoms with Gasteiger partial charge in [-0.2, -0.15) is 0 Å². The van der Waals surface area contributed by atoms with Crippen LogP contribution in [0.3, 0.4) is 0 Å². The van der Waals surface area contributed by atoms with Gasteiger partial charge in [0, 0.05) is 17.2 Å². The van der Waals surface area contributed by atoms with E-state index in [1.54, 1.807) is 6.07 Å². The molecule has 0 bridgehead atoms. The van der Waals surface area contributed by atoms with Crippen molar-refractivity contribution in [1.82, 2.24) is 10.6 Å². The highest BCUT2D eigenvalue weighted by Gasteiger charge is 2.54. The molecule has 2 aliphatic carbocycles. The summed E-state index contributed by atoms with van der Waals surface area (Å²) in [6.45, 7) is 0.558. The second-order valence-electron chi connectivity index (χ2n) is 6.75. The fourth-order valence-electron chi connectivity index (χ4n) is 3.52. The van der Waals surface area contributed by atoms with Crippen molar-refractivity contribution < 1.29 is 13.9 Å². The summed E-state index contributed by atoms with van der Waals surface area (Å²) < 4.78 is 19.0. The minimum atomic E-state index is -0.311. The molecular formula is C17H21FN2O2. The normalized spacial score (nSPS) is 25.4. The van der Waals surface area contributed by atoms with Gasteiger partial charge >= 0.3 is 6.03 Å². The lowest BCUT2D eigenvalue weighted by atomic mass is 10.0. The topological polar surface area (TPSA) is 50.4 Å². The van der Waals surface area contributed by atoms with E-state index in [0.717, 1.165) is 31.2 Å². The van der Waals surface area contributed by atoms with Crippen molar-refractivity contribution >= 4 is 6.03 Å². The largest absolute Gasteiger partial charge is 0.493 e. The molecule has 1 unspecified atom stereocenters. The highest BCUT2D eigenvalue weighted by Crippen LogP contribution is 2.53. The Labute approximate surface area is 129 Å². The van der Waals surface area contributed by atoms with Crippen molar-refractivity contribution in [2.75, 3.05) is 6.61 Å². The van der Waals surface area contributed by atoms with Crippen LogP contribution in [0.15, 0.2) is 18.2 Å². The van der Waals surface area contributed by atoms with Gasteiger partial charge in [0.1, 0.15) is 11.6 Å². The number of halogens is 1. The summed E-state index contributed by atoms with van der Waals surface area (Å²) in [4.78, 5) is 12.4. The maximum absolute atomic E-state index is 13.4. The number of ether oxygens (including phenoxy) is 1. The predicted octanol–water partition coefficient (Wildman–Crippen LogP) is 3.28. The van der Waals surface area contributed by atoms with Crippen LogP contribution < -0.4 is 15.4 Å². The molecule has 3 aliphatic rings. The fourth-order valence-corrected chi connectivity index (χ4v) is 3.52. The molecule has 0 saturated heterocycles. The number of urea groups is 1. The van der Waals surface area contributed by atoms with Crippen molar-refractivity contribution in [2.45, 2.75) is 50.1 Å². The SMILES string of the molecule is O=C(NC1CCCOc2cc(F)ccc21)NC1(C2CC2)CC1. The van der Waals surface area contributed by atoms with Crippen molar-refractivity contribution in [3.63, 3.8) is 0 Å². The van der Waals surface area contributed by atoms with Gasteiger partial charge in [-0.1, -0.05) is 6.07 Å². The molecule has 2 fully saturated rings. The first-order valence-corrected chi connectivity index (χ1v) is 8.17. The average Bonchev–Trinajstić information content (AvgIpc) is 3.35. The van der Waals surface area contributed by atoms with Crippen LogP contribution in [-0.2, 0) is 0 Å². The van der Waals surface area contributed by atoms with Gasteiger partial charge in [-0.05, 0) is 50.5 Å². The van der Waals surface area contributed by atoms with Gasteiger partial charge in [-0.15, -0.1) is 0 Å². The molecule has 22 heavy (non-hydrogen) atoms. The molecule has 2 amide bonds. The summed E-state index contributed by atoms with van der Waals surface area (Å²) in [5.74, 6) is 0.915. The number of hydrogen-bond donors (Lipinski definition) is 2. The number of benzene rings is 1. The minimum Gasteiger partial charge on any atom is -0.493 e. The van der Waals surface area contributed by atoms with Crippen molar-refractivity contribution in [3.8, 4) is 5.75 Å². The number of rotatable bonds is 3. The Morgan fingerprint density at radius 2 is 2.09 bits per heavy atom.